The monoisotopic (exact) mass is 229 g/mol. The Labute approximate surface area is 103 Å². The summed E-state index contributed by atoms with van der Waals surface area (Å²) in [6.07, 6.45) is 4.98. The van der Waals surface area contributed by atoms with Gasteiger partial charge in [0.15, 0.2) is 0 Å². The molecule has 2 rings (SSSR count). The topological polar surface area (TPSA) is 29.9 Å². The molecule has 1 aromatic carbocycles. The highest BCUT2D eigenvalue weighted by molar-refractivity contribution is 5.14. The summed E-state index contributed by atoms with van der Waals surface area (Å²) in [7, 11) is 0. The van der Waals surface area contributed by atoms with Crippen molar-refractivity contribution in [2.45, 2.75) is 26.4 Å². The van der Waals surface area contributed by atoms with Gasteiger partial charge < -0.3 is 9.88 Å². The summed E-state index contributed by atoms with van der Waals surface area (Å²) in [5.74, 6) is 1.11. The fraction of sp³-hybridized carbons (Fsp3) is 0.357. The molecule has 0 aliphatic rings. The van der Waals surface area contributed by atoms with Gasteiger partial charge in [-0.3, -0.25) is 0 Å². The zero-order chi connectivity index (χ0) is 11.9. The summed E-state index contributed by atoms with van der Waals surface area (Å²) < 4.78 is 2.22. The van der Waals surface area contributed by atoms with E-state index in [0.29, 0.717) is 0 Å². The van der Waals surface area contributed by atoms with Crippen LogP contribution in [0.2, 0.25) is 0 Å². The van der Waals surface area contributed by atoms with Crippen LogP contribution >= 0.6 is 0 Å². The molecule has 0 saturated carbocycles. The van der Waals surface area contributed by atoms with E-state index in [2.05, 4.69) is 58.3 Å². The average Bonchev–Trinajstić information content (AvgIpc) is 2.82. The molecule has 0 bridgehead atoms. The maximum absolute atomic E-state index is 4.37. The number of nitrogens with one attached hydrogen (secondary N) is 1. The molecule has 90 valence electrons. The lowest BCUT2D eigenvalue weighted by molar-refractivity contribution is 0.606. The summed E-state index contributed by atoms with van der Waals surface area (Å²) in [6.45, 7) is 4.92. The van der Waals surface area contributed by atoms with Crippen LogP contribution in [-0.2, 0) is 19.5 Å². The number of hydrogen-bond acceptors (Lipinski definition) is 2. The molecule has 0 atom stereocenters. The zero-order valence-corrected chi connectivity index (χ0v) is 10.3. The predicted octanol–water partition coefficient (Wildman–Crippen LogP) is 2.24. The number of benzene rings is 1. The standard InChI is InChI=1S/C14H19N3/c1-2-15-12-14-16-9-11-17(14)10-8-13-6-4-3-5-7-13/h3-7,9,11,15H,2,8,10,12H2,1H3. The maximum Gasteiger partial charge on any atom is 0.122 e. The highest BCUT2D eigenvalue weighted by Gasteiger charge is 2.01. The van der Waals surface area contributed by atoms with Gasteiger partial charge in [-0.15, -0.1) is 0 Å². The van der Waals surface area contributed by atoms with E-state index >= 15 is 0 Å². The Morgan fingerprint density at radius 3 is 2.82 bits per heavy atom. The number of aromatic nitrogens is 2. The molecule has 0 radical (unpaired) electrons. The molecule has 0 aliphatic heterocycles. The Morgan fingerprint density at radius 2 is 2.06 bits per heavy atom. The maximum atomic E-state index is 4.37. The smallest absolute Gasteiger partial charge is 0.122 e. The Morgan fingerprint density at radius 1 is 1.24 bits per heavy atom. The summed E-state index contributed by atoms with van der Waals surface area (Å²) in [5, 5.41) is 3.31. The van der Waals surface area contributed by atoms with Crippen LogP contribution in [0.1, 0.15) is 18.3 Å². The quantitative estimate of drug-likeness (QED) is 0.823. The van der Waals surface area contributed by atoms with E-state index in [1.807, 2.05) is 6.20 Å². The molecule has 0 fully saturated rings. The minimum absolute atomic E-state index is 0.846. The number of hydrogen-bond donors (Lipinski definition) is 1. The number of nitrogens with zero attached hydrogens (tertiary/aromatic N) is 2. The first-order chi connectivity index (χ1) is 8.40. The Bertz CT molecular complexity index is 434. The second-order valence-electron chi connectivity index (χ2n) is 4.05. The summed E-state index contributed by atoms with van der Waals surface area (Å²) >= 11 is 0. The van der Waals surface area contributed by atoms with Crippen molar-refractivity contribution in [1.29, 1.82) is 0 Å². The van der Waals surface area contributed by atoms with Gasteiger partial charge in [-0.05, 0) is 18.5 Å². The second-order valence-corrected chi connectivity index (χ2v) is 4.05. The average molecular weight is 229 g/mol. The first-order valence-corrected chi connectivity index (χ1v) is 6.15. The van der Waals surface area contributed by atoms with E-state index in [1.165, 1.54) is 5.56 Å². The molecule has 0 unspecified atom stereocenters. The molecule has 2 aromatic rings. The van der Waals surface area contributed by atoms with Gasteiger partial charge in [0.05, 0.1) is 6.54 Å². The van der Waals surface area contributed by atoms with Gasteiger partial charge in [-0.2, -0.15) is 0 Å². The lowest BCUT2D eigenvalue weighted by Gasteiger charge is -2.08. The molecule has 3 nitrogen and oxygen atoms in total. The molecule has 0 saturated heterocycles. The van der Waals surface area contributed by atoms with Gasteiger partial charge in [0, 0.05) is 18.9 Å². The van der Waals surface area contributed by atoms with Crippen molar-refractivity contribution in [3.63, 3.8) is 0 Å². The fourth-order valence-electron chi connectivity index (χ4n) is 1.84. The van der Waals surface area contributed by atoms with Crippen LogP contribution in [0.15, 0.2) is 42.7 Å². The van der Waals surface area contributed by atoms with Crippen LogP contribution in [0.3, 0.4) is 0 Å². The third-order valence-electron chi connectivity index (χ3n) is 2.82. The van der Waals surface area contributed by atoms with Crippen molar-refractivity contribution in [2.24, 2.45) is 0 Å². The molecule has 17 heavy (non-hydrogen) atoms. The van der Waals surface area contributed by atoms with Crippen molar-refractivity contribution in [3.05, 3.63) is 54.1 Å². The molecule has 0 spiro atoms. The zero-order valence-electron chi connectivity index (χ0n) is 10.3. The lowest BCUT2D eigenvalue weighted by Crippen LogP contribution is -2.16. The molecule has 1 heterocycles. The molecular weight excluding hydrogens is 210 g/mol. The Hall–Kier alpha value is -1.61. The van der Waals surface area contributed by atoms with Gasteiger partial charge in [0.1, 0.15) is 5.82 Å². The third-order valence-corrected chi connectivity index (χ3v) is 2.82. The largest absolute Gasteiger partial charge is 0.334 e. The van der Waals surface area contributed by atoms with Crippen LogP contribution in [0.25, 0.3) is 0 Å². The van der Waals surface area contributed by atoms with Crippen molar-refractivity contribution in [2.75, 3.05) is 6.54 Å². The van der Waals surface area contributed by atoms with E-state index in [0.717, 1.165) is 31.9 Å². The summed E-state index contributed by atoms with van der Waals surface area (Å²) in [6, 6.07) is 10.6. The number of aryl methyl sites for hydroxylation is 2. The van der Waals surface area contributed by atoms with E-state index < -0.39 is 0 Å². The van der Waals surface area contributed by atoms with E-state index in [1.54, 1.807) is 0 Å². The molecule has 0 amide bonds. The van der Waals surface area contributed by atoms with Crippen molar-refractivity contribution < 1.29 is 0 Å². The number of imidazole rings is 1. The van der Waals surface area contributed by atoms with Crippen LogP contribution in [0.4, 0.5) is 0 Å². The molecule has 0 aliphatic carbocycles. The minimum atomic E-state index is 0.846. The first-order valence-electron chi connectivity index (χ1n) is 6.15. The highest BCUT2D eigenvalue weighted by atomic mass is 15.1. The normalized spacial score (nSPS) is 10.6. The summed E-state index contributed by atoms with van der Waals surface area (Å²) in [5.41, 5.74) is 1.37. The molecular formula is C14H19N3. The van der Waals surface area contributed by atoms with Gasteiger partial charge in [0.2, 0.25) is 0 Å². The van der Waals surface area contributed by atoms with Crippen molar-refractivity contribution in [1.82, 2.24) is 14.9 Å². The van der Waals surface area contributed by atoms with E-state index in [9.17, 15) is 0 Å². The van der Waals surface area contributed by atoms with Gasteiger partial charge in [-0.25, -0.2) is 4.98 Å². The van der Waals surface area contributed by atoms with Gasteiger partial charge in [0.25, 0.3) is 0 Å². The fourth-order valence-corrected chi connectivity index (χ4v) is 1.84. The number of rotatable bonds is 6. The lowest BCUT2D eigenvalue weighted by atomic mass is 10.1. The van der Waals surface area contributed by atoms with Crippen LogP contribution in [0, 0.1) is 0 Å². The molecule has 3 heteroatoms. The third kappa shape index (κ3) is 3.43. The molecule has 1 aromatic heterocycles. The minimum Gasteiger partial charge on any atom is -0.334 e. The van der Waals surface area contributed by atoms with Crippen LogP contribution < -0.4 is 5.32 Å². The van der Waals surface area contributed by atoms with Crippen LogP contribution in [-0.4, -0.2) is 16.1 Å². The Balaban J connectivity index is 1.92. The second kappa shape index (κ2) is 6.21. The van der Waals surface area contributed by atoms with Crippen molar-refractivity contribution in [3.8, 4) is 0 Å². The van der Waals surface area contributed by atoms with Gasteiger partial charge >= 0.3 is 0 Å². The Kier molecular flexibility index (Phi) is 4.33. The van der Waals surface area contributed by atoms with Crippen LogP contribution in [0.5, 0.6) is 0 Å². The summed E-state index contributed by atoms with van der Waals surface area (Å²) in [4.78, 5) is 4.37. The van der Waals surface area contributed by atoms with E-state index in [4.69, 9.17) is 0 Å². The van der Waals surface area contributed by atoms with Gasteiger partial charge in [-0.1, -0.05) is 37.3 Å². The molecule has 1 N–H and O–H groups in total. The first kappa shape index (κ1) is 11.9. The van der Waals surface area contributed by atoms with E-state index in [-0.39, 0.29) is 0 Å². The van der Waals surface area contributed by atoms with Crippen molar-refractivity contribution >= 4 is 0 Å². The predicted molar refractivity (Wildman–Crippen MR) is 69.8 cm³/mol. The highest BCUT2D eigenvalue weighted by Crippen LogP contribution is 2.04. The SMILES string of the molecule is CCNCc1nccn1CCc1ccccc1.